The molecule has 10 nitrogen and oxygen atoms in total. The largest absolute Gasteiger partial charge is 0.489 e. The van der Waals surface area contributed by atoms with E-state index in [-0.39, 0.29) is 30.9 Å². The van der Waals surface area contributed by atoms with E-state index in [0.29, 0.717) is 23.0 Å². The van der Waals surface area contributed by atoms with E-state index in [1.165, 1.54) is 0 Å². The van der Waals surface area contributed by atoms with E-state index < -0.39 is 30.3 Å². The minimum atomic E-state index is -4.89. The second kappa shape index (κ2) is 14.7. The van der Waals surface area contributed by atoms with Crippen LogP contribution in [0.3, 0.4) is 0 Å². The Bertz CT molecular complexity index is 1410. The maximum absolute atomic E-state index is 12.0. The normalized spacial score (nSPS) is 16.0. The van der Waals surface area contributed by atoms with Crippen LogP contribution in [0.1, 0.15) is 43.1 Å². The summed E-state index contributed by atoms with van der Waals surface area (Å²) in [5, 5.41) is 9.71. The van der Waals surface area contributed by atoms with Crippen molar-refractivity contribution in [2.45, 2.75) is 33.3 Å². The van der Waals surface area contributed by atoms with E-state index in [2.05, 4.69) is 14.7 Å². The minimum absolute atomic E-state index is 0.138. The Hall–Kier alpha value is -2.65. The number of hydrogen-bond acceptors (Lipinski definition) is 8. The van der Waals surface area contributed by atoms with Gasteiger partial charge >= 0.3 is 13.8 Å². The van der Waals surface area contributed by atoms with Crippen molar-refractivity contribution < 1.29 is 33.1 Å². The number of phosphoric ester groups is 1. The lowest BCUT2D eigenvalue weighted by Crippen LogP contribution is -2.37. The quantitative estimate of drug-likeness (QED) is 0.183. The van der Waals surface area contributed by atoms with Gasteiger partial charge < -0.3 is 19.3 Å². The molecule has 0 amide bonds. The van der Waals surface area contributed by atoms with Crippen LogP contribution in [0.25, 0.3) is 11.1 Å². The molecular formula is C29H37ClN3O7PS. The zero-order valence-electron chi connectivity index (χ0n) is 24.3. The third-order valence-electron chi connectivity index (χ3n) is 6.80. The van der Waals surface area contributed by atoms with Crippen LogP contribution < -0.4 is 4.74 Å². The Labute approximate surface area is 253 Å². The summed E-state index contributed by atoms with van der Waals surface area (Å²) in [5.41, 5.74) is 2.16. The molecule has 2 N–H and O–H groups in total. The fraction of sp³-hybridized carbons (Fsp3) is 0.379. The molecule has 0 aliphatic carbocycles. The molecule has 1 atom stereocenters. The fourth-order valence-electron chi connectivity index (χ4n) is 4.62. The third-order valence-corrected chi connectivity index (χ3v) is 12.2. The van der Waals surface area contributed by atoms with Gasteiger partial charge in [0.1, 0.15) is 24.5 Å². The molecule has 228 valence electrons. The van der Waals surface area contributed by atoms with Crippen LogP contribution >= 0.6 is 29.8 Å². The molecule has 1 aliphatic rings. The zero-order chi connectivity index (χ0) is 31.1. The van der Waals surface area contributed by atoms with Gasteiger partial charge in [-0.25, -0.2) is 9.36 Å². The molecule has 0 spiro atoms. The molecule has 1 unspecified atom stereocenters. The van der Waals surface area contributed by atoms with E-state index in [1.807, 2.05) is 40.1 Å². The van der Waals surface area contributed by atoms with Crippen LogP contribution in [0.2, 0.25) is 0 Å². The minimum Gasteiger partial charge on any atom is -0.489 e. The summed E-state index contributed by atoms with van der Waals surface area (Å²) in [5.74, 6) is -0.186. The van der Waals surface area contributed by atoms with Gasteiger partial charge in [-0.1, -0.05) is 54.0 Å². The molecule has 0 saturated heterocycles. The van der Waals surface area contributed by atoms with Crippen LogP contribution in [-0.4, -0.2) is 70.9 Å². The zero-order valence-corrected chi connectivity index (χ0v) is 26.8. The number of nitriles is 1. The van der Waals surface area contributed by atoms with Gasteiger partial charge in [0.25, 0.3) is 0 Å². The van der Waals surface area contributed by atoms with Gasteiger partial charge in [0.2, 0.25) is 0 Å². The molecule has 2 aromatic rings. The second-order valence-corrected chi connectivity index (χ2v) is 14.5. The predicted octanol–water partition coefficient (Wildman–Crippen LogP) is 6.16. The summed E-state index contributed by atoms with van der Waals surface area (Å²) in [6.07, 6.45) is 2.80. The molecular weight excluding hydrogens is 601 g/mol. The molecule has 1 aliphatic heterocycles. The van der Waals surface area contributed by atoms with Crippen molar-refractivity contribution >= 4 is 35.8 Å². The number of rotatable bonds is 14. The first-order valence-electron chi connectivity index (χ1n) is 13.4. The number of carbonyl (C=O) groups excluding carboxylic acids is 1. The van der Waals surface area contributed by atoms with E-state index in [1.54, 1.807) is 49.4 Å². The van der Waals surface area contributed by atoms with Gasteiger partial charge in [-0.2, -0.15) is 5.26 Å². The van der Waals surface area contributed by atoms with Gasteiger partial charge in [-0.05, 0) is 68.6 Å². The number of phosphoric acid groups is 1. The van der Waals surface area contributed by atoms with Crippen LogP contribution in [-0.2, 0) is 13.8 Å². The predicted molar refractivity (Wildman–Crippen MR) is 166 cm³/mol. The monoisotopic (exact) mass is 637 g/mol. The Morgan fingerprint density at radius 2 is 1.67 bits per heavy atom. The number of hydrogen-bond donors (Lipinski definition) is 2. The smallest absolute Gasteiger partial charge is 0.469 e. The first kappa shape index (κ1) is 33.8. The number of allylic oxidation sites excluding steroid dienone is 2. The van der Waals surface area contributed by atoms with Gasteiger partial charge in [-0.3, -0.25) is 13.1 Å². The Balaban J connectivity index is 1.89. The number of carbonyl (C=O) groups is 1. The molecule has 42 heavy (non-hydrogen) atoms. The Morgan fingerprint density at radius 1 is 1.05 bits per heavy atom. The highest BCUT2D eigenvalue weighted by atomic mass is 35.5. The summed E-state index contributed by atoms with van der Waals surface area (Å²) < 4.78 is 33.2. The van der Waals surface area contributed by atoms with E-state index in [4.69, 9.17) is 25.6 Å². The van der Waals surface area contributed by atoms with Gasteiger partial charge in [0.15, 0.2) is 0 Å². The maximum atomic E-state index is 12.0. The van der Waals surface area contributed by atoms with Crippen LogP contribution in [0, 0.1) is 11.3 Å². The summed E-state index contributed by atoms with van der Waals surface area (Å²) in [6, 6.07) is 14.0. The van der Waals surface area contributed by atoms with Crippen molar-refractivity contribution in [3.05, 3.63) is 75.0 Å². The van der Waals surface area contributed by atoms with Crippen molar-refractivity contribution in [3.63, 3.8) is 0 Å². The third kappa shape index (κ3) is 7.64. The highest BCUT2D eigenvalue weighted by Gasteiger charge is 2.43. The molecule has 3 rings (SSSR count). The number of ether oxygens (including phenoxy) is 2. The SMILES string of the molecule is CCOC(=O)c1ccc(-c2ccc(C#N)c(OCC(CC3=CC=C(Cl)S3(N(C)CC)N(C)CC)OP(=O)(O)O)c2)cc1. The second-order valence-electron chi connectivity index (χ2n) is 9.39. The van der Waals surface area contributed by atoms with Crippen LogP contribution in [0.4, 0.5) is 0 Å². The fourth-order valence-corrected chi connectivity index (χ4v) is 10.0. The molecule has 1 heterocycles. The first-order chi connectivity index (χ1) is 19.9. The summed E-state index contributed by atoms with van der Waals surface area (Å²) >= 11 is 6.80. The summed E-state index contributed by atoms with van der Waals surface area (Å²) in [4.78, 5) is 32.3. The molecule has 13 heteroatoms. The summed E-state index contributed by atoms with van der Waals surface area (Å²) in [7, 11) is -2.91. The van der Waals surface area contributed by atoms with Gasteiger partial charge in [0, 0.05) is 24.4 Å². The van der Waals surface area contributed by atoms with Crippen molar-refractivity contribution in [1.29, 1.82) is 5.26 Å². The Kier molecular flexibility index (Phi) is 11.8. The molecule has 0 bridgehead atoms. The maximum Gasteiger partial charge on any atom is 0.469 e. The summed E-state index contributed by atoms with van der Waals surface area (Å²) in [6.45, 7) is 7.21. The van der Waals surface area contributed by atoms with Crippen molar-refractivity contribution in [3.8, 4) is 22.9 Å². The molecule has 2 aromatic carbocycles. The number of esters is 1. The average Bonchev–Trinajstić information content (AvgIpc) is 3.30. The standard InChI is InChI=1S/C29H37ClN3O7PS/c1-6-32(4)42(33(5)7-2)26(15-16-28(42)30)18-25(40-41(35,36)37)20-39-27-17-23(13-14-24(27)19-31)21-9-11-22(12-10-21)29(34)38-8-3/h9-17,25H,6-8,18,20H2,1-5H3,(H2,35,36,37). The van der Waals surface area contributed by atoms with Gasteiger partial charge in [0.05, 0.1) is 22.1 Å². The van der Waals surface area contributed by atoms with Crippen molar-refractivity contribution in [1.82, 2.24) is 8.61 Å². The van der Waals surface area contributed by atoms with Gasteiger partial charge in [-0.15, -0.1) is 0 Å². The number of halogens is 1. The topological polar surface area (TPSA) is 133 Å². The molecule has 0 saturated carbocycles. The van der Waals surface area contributed by atoms with Crippen LogP contribution in [0.15, 0.2) is 63.9 Å². The lowest BCUT2D eigenvalue weighted by molar-refractivity contribution is 0.0526. The van der Waals surface area contributed by atoms with E-state index in [9.17, 15) is 24.4 Å². The van der Waals surface area contributed by atoms with Crippen LogP contribution in [0.5, 0.6) is 5.75 Å². The number of nitrogens with zero attached hydrogens (tertiary/aromatic N) is 3. The molecule has 0 fully saturated rings. The molecule has 0 aromatic heterocycles. The molecule has 0 radical (unpaired) electrons. The van der Waals surface area contributed by atoms with Crippen molar-refractivity contribution in [2.24, 2.45) is 0 Å². The average molecular weight is 638 g/mol. The first-order valence-corrected chi connectivity index (χ1v) is 16.9. The number of benzene rings is 2. The van der Waals surface area contributed by atoms with E-state index >= 15 is 0 Å². The lowest BCUT2D eigenvalue weighted by atomic mass is 10.0. The lowest BCUT2D eigenvalue weighted by Gasteiger charge is -2.52. The van der Waals surface area contributed by atoms with E-state index in [0.717, 1.165) is 16.0 Å². The van der Waals surface area contributed by atoms with Crippen molar-refractivity contribution in [2.75, 3.05) is 40.4 Å². The highest BCUT2D eigenvalue weighted by Crippen LogP contribution is 2.70. The Morgan fingerprint density at radius 3 is 2.21 bits per heavy atom. The highest BCUT2D eigenvalue weighted by molar-refractivity contribution is 8.37.